The van der Waals surface area contributed by atoms with Crippen molar-refractivity contribution in [3.05, 3.63) is 65.9 Å². The fourth-order valence-electron chi connectivity index (χ4n) is 2.91. The molecule has 1 radical (unpaired) electrons. The zero-order valence-electron chi connectivity index (χ0n) is 14.6. The lowest BCUT2D eigenvalue weighted by atomic mass is 10.1. The molecule has 1 heterocycles. The zero-order valence-corrected chi connectivity index (χ0v) is 14.6. The number of carbonyl (C=O) groups is 1. The van der Waals surface area contributed by atoms with E-state index in [1.807, 2.05) is 42.7 Å². The topological polar surface area (TPSA) is 71.2 Å². The molecule has 0 aliphatic heterocycles. The number of aromatic nitrogens is 1. The Balaban J connectivity index is 1.59. The van der Waals surface area contributed by atoms with Crippen LogP contribution in [0.5, 0.6) is 5.75 Å². The molecule has 2 N–H and O–H groups in total. The Morgan fingerprint density at radius 1 is 1.19 bits per heavy atom. The van der Waals surface area contributed by atoms with Crippen molar-refractivity contribution in [2.75, 3.05) is 7.11 Å². The van der Waals surface area contributed by atoms with Gasteiger partial charge in [-0.1, -0.05) is 30.3 Å². The Hall–Kier alpha value is -3.08. The van der Waals surface area contributed by atoms with Crippen LogP contribution in [-0.4, -0.2) is 30.3 Å². The number of fused-ring (bicyclic) bond motifs is 1. The molecular weight excluding hydrogens is 328 g/mol. The Morgan fingerprint density at radius 3 is 2.73 bits per heavy atom. The second kappa shape index (κ2) is 8.34. The van der Waals surface area contributed by atoms with Gasteiger partial charge in [-0.05, 0) is 49.1 Å². The number of nitrogens with one attached hydrogen (secondary N) is 2. The van der Waals surface area contributed by atoms with Crippen molar-refractivity contribution in [3.8, 4) is 5.75 Å². The van der Waals surface area contributed by atoms with Gasteiger partial charge in [-0.3, -0.25) is 9.59 Å². The molecule has 1 amide bonds. The maximum absolute atomic E-state index is 12.4. The van der Waals surface area contributed by atoms with Crippen LogP contribution in [0.3, 0.4) is 0 Å². The molecule has 0 aliphatic rings. The SMILES string of the molecule is COc1ccc2[nH]c(C(=O)N[C@@H]([C]=O)CCCc3ccccc3)cc2c1. The standard InChI is InChI=1S/C21H21N2O3/c1-26-18-10-11-19-16(12-18)13-20(23-19)21(25)22-17(14-24)9-5-8-15-6-3-2-4-7-15/h2-4,6-7,10-13,17,23H,5,8-9H2,1H3,(H,22,25)/t17-/m1/s1. The zero-order chi connectivity index (χ0) is 18.4. The van der Waals surface area contributed by atoms with Crippen molar-refractivity contribution >= 4 is 23.1 Å². The van der Waals surface area contributed by atoms with Crippen molar-refractivity contribution < 1.29 is 14.3 Å². The number of carbonyl (C=O) groups excluding carboxylic acids is 2. The number of amides is 1. The van der Waals surface area contributed by atoms with Crippen LogP contribution in [0.1, 0.15) is 28.9 Å². The van der Waals surface area contributed by atoms with Gasteiger partial charge < -0.3 is 15.0 Å². The summed E-state index contributed by atoms with van der Waals surface area (Å²) in [6, 6.07) is 16.7. The molecule has 5 nitrogen and oxygen atoms in total. The van der Waals surface area contributed by atoms with Gasteiger partial charge in [-0.15, -0.1) is 0 Å². The molecule has 3 aromatic rings. The van der Waals surface area contributed by atoms with E-state index < -0.39 is 6.04 Å². The highest BCUT2D eigenvalue weighted by Gasteiger charge is 2.16. The van der Waals surface area contributed by atoms with Crippen molar-refractivity contribution in [3.63, 3.8) is 0 Å². The molecule has 0 saturated carbocycles. The van der Waals surface area contributed by atoms with E-state index in [2.05, 4.69) is 22.4 Å². The second-order valence-corrected chi connectivity index (χ2v) is 6.16. The number of aryl methyl sites for hydroxylation is 1. The Morgan fingerprint density at radius 2 is 2.00 bits per heavy atom. The molecule has 0 fully saturated rings. The van der Waals surface area contributed by atoms with Gasteiger partial charge in [0.25, 0.3) is 5.91 Å². The summed E-state index contributed by atoms with van der Waals surface area (Å²) in [5, 5.41) is 3.61. The van der Waals surface area contributed by atoms with Crippen molar-refractivity contribution in [2.45, 2.75) is 25.3 Å². The molecule has 0 aliphatic carbocycles. The van der Waals surface area contributed by atoms with E-state index in [9.17, 15) is 9.59 Å². The van der Waals surface area contributed by atoms with Crippen molar-refractivity contribution in [1.82, 2.24) is 10.3 Å². The number of rotatable bonds is 8. The Labute approximate surface area is 152 Å². The third-order valence-corrected chi connectivity index (χ3v) is 4.32. The smallest absolute Gasteiger partial charge is 0.268 e. The van der Waals surface area contributed by atoms with Crippen LogP contribution in [0.25, 0.3) is 10.9 Å². The molecule has 133 valence electrons. The predicted molar refractivity (Wildman–Crippen MR) is 101 cm³/mol. The first-order valence-electron chi connectivity index (χ1n) is 8.59. The van der Waals surface area contributed by atoms with E-state index in [1.165, 1.54) is 5.56 Å². The van der Waals surface area contributed by atoms with Crippen LogP contribution >= 0.6 is 0 Å². The quantitative estimate of drug-likeness (QED) is 0.655. The number of ether oxygens (including phenoxy) is 1. The van der Waals surface area contributed by atoms with E-state index in [0.717, 1.165) is 29.5 Å². The minimum atomic E-state index is -0.618. The van der Waals surface area contributed by atoms with Crippen LogP contribution < -0.4 is 10.1 Å². The van der Waals surface area contributed by atoms with Gasteiger partial charge in [-0.25, -0.2) is 0 Å². The molecule has 0 unspecified atom stereocenters. The van der Waals surface area contributed by atoms with Gasteiger partial charge in [0.05, 0.1) is 13.2 Å². The number of methoxy groups -OCH3 is 1. The van der Waals surface area contributed by atoms with Gasteiger partial charge in [0.2, 0.25) is 6.29 Å². The fourth-order valence-corrected chi connectivity index (χ4v) is 2.91. The Bertz CT molecular complexity index is 887. The molecule has 0 saturated heterocycles. The highest BCUT2D eigenvalue weighted by Crippen LogP contribution is 2.21. The van der Waals surface area contributed by atoms with E-state index in [4.69, 9.17) is 4.74 Å². The monoisotopic (exact) mass is 349 g/mol. The summed E-state index contributed by atoms with van der Waals surface area (Å²) in [7, 11) is 1.60. The first-order chi connectivity index (χ1) is 12.7. The van der Waals surface area contributed by atoms with Crippen LogP contribution in [0.15, 0.2) is 54.6 Å². The van der Waals surface area contributed by atoms with Gasteiger partial charge in [0.15, 0.2) is 0 Å². The molecule has 2 aromatic carbocycles. The first kappa shape index (κ1) is 17.7. The molecule has 1 atom stereocenters. The van der Waals surface area contributed by atoms with E-state index in [-0.39, 0.29) is 5.91 Å². The number of hydrogen-bond acceptors (Lipinski definition) is 3. The molecule has 0 spiro atoms. The lowest BCUT2D eigenvalue weighted by Gasteiger charge is -2.11. The number of benzene rings is 2. The molecule has 26 heavy (non-hydrogen) atoms. The largest absolute Gasteiger partial charge is 0.497 e. The van der Waals surface area contributed by atoms with Gasteiger partial charge in [-0.2, -0.15) is 0 Å². The number of hydrogen-bond donors (Lipinski definition) is 2. The first-order valence-corrected chi connectivity index (χ1v) is 8.59. The summed E-state index contributed by atoms with van der Waals surface area (Å²) < 4.78 is 5.19. The van der Waals surface area contributed by atoms with Crippen LogP contribution in [-0.2, 0) is 11.2 Å². The average Bonchev–Trinajstić information content (AvgIpc) is 3.11. The highest BCUT2D eigenvalue weighted by molar-refractivity contribution is 5.99. The number of H-pyrrole nitrogens is 1. The maximum Gasteiger partial charge on any atom is 0.268 e. The molecule has 0 bridgehead atoms. The van der Waals surface area contributed by atoms with Crippen LogP contribution in [0.4, 0.5) is 0 Å². The lowest BCUT2D eigenvalue weighted by Crippen LogP contribution is -2.36. The third kappa shape index (κ3) is 4.30. The predicted octanol–water partition coefficient (Wildman–Crippen LogP) is 3.41. The lowest BCUT2D eigenvalue weighted by molar-refractivity contribution is 0.0940. The average molecular weight is 349 g/mol. The van der Waals surface area contributed by atoms with Crippen LogP contribution in [0.2, 0.25) is 0 Å². The maximum atomic E-state index is 12.4. The summed E-state index contributed by atoms with van der Waals surface area (Å²) >= 11 is 0. The fraction of sp³-hybridized carbons (Fsp3) is 0.238. The molecule has 3 rings (SSSR count). The molecule has 1 aromatic heterocycles. The third-order valence-electron chi connectivity index (χ3n) is 4.32. The molecular formula is C21H21N2O3. The van der Waals surface area contributed by atoms with Crippen LogP contribution in [0, 0.1) is 0 Å². The van der Waals surface area contributed by atoms with E-state index in [0.29, 0.717) is 12.1 Å². The summed E-state index contributed by atoms with van der Waals surface area (Å²) in [6.07, 6.45) is 4.14. The minimum Gasteiger partial charge on any atom is -0.497 e. The second-order valence-electron chi connectivity index (χ2n) is 6.16. The summed E-state index contributed by atoms with van der Waals surface area (Å²) in [5.41, 5.74) is 2.47. The van der Waals surface area contributed by atoms with Gasteiger partial charge >= 0.3 is 0 Å². The number of aromatic amines is 1. The minimum absolute atomic E-state index is 0.312. The molecule has 5 heteroatoms. The van der Waals surface area contributed by atoms with Gasteiger partial charge in [0.1, 0.15) is 11.4 Å². The normalized spacial score (nSPS) is 11.9. The van der Waals surface area contributed by atoms with Gasteiger partial charge in [0, 0.05) is 10.9 Å². The van der Waals surface area contributed by atoms with Crippen molar-refractivity contribution in [1.29, 1.82) is 0 Å². The van der Waals surface area contributed by atoms with Crippen molar-refractivity contribution in [2.24, 2.45) is 0 Å². The van der Waals surface area contributed by atoms with E-state index in [1.54, 1.807) is 13.2 Å². The Kier molecular flexibility index (Phi) is 5.69. The van der Waals surface area contributed by atoms with E-state index >= 15 is 0 Å². The summed E-state index contributed by atoms with van der Waals surface area (Å²) in [4.78, 5) is 26.7. The highest BCUT2D eigenvalue weighted by atomic mass is 16.5. The summed E-state index contributed by atoms with van der Waals surface area (Å²) in [5.74, 6) is 0.414. The summed E-state index contributed by atoms with van der Waals surface area (Å²) in [6.45, 7) is 0.